The molecule has 0 saturated carbocycles. The molecule has 276 valence electrons. The Morgan fingerprint density at radius 3 is 1.82 bits per heavy atom. The molecule has 7 rings (SSSR count). The van der Waals surface area contributed by atoms with Gasteiger partial charge < -0.3 is 14.8 Å². The summed E-state index contributed by atoms with van der Waals surface area (Å²) in [6.45, 7) is 1.91. The van der Waals surface area contributed by atoms with Gasteiger partial charge in [-0.3, -0.25) is 14.0 Å². The zero-order valence-corrected chi connectivity index (χ0v) is 31.3. The molecular formula is C39H50N2O8S2. The van der Waals surface area contributed by atoms with E-state index < -0.39 is 20.2 Å². The Labute approximate surface area is 303 Å². The molecule has 1 unspecified atom stereocenters. The molecule has 51 heavy (non-hydrogen) atoms. The monoisotopic (exact) mass is 738 g/mol. The first-order valence-corrected chi connectivity index (χ1v) is 20.6. The second-order valence-corrected chi connectivity index (χ2v) is 16.0. The summed E-state index contributed by atoms with van der Waals surface area (Å²) >= 11 is 0. The van der Waals surface area contributed by atoms with E-state index in [-0.39, 0.29) is 5.92 Å². The fourth-order valence-electron chi connectivity index (χ4n) is 7.41. The van der Waals surface area contributed by atoms with Crippen molar-refractivity contribution in [3.05, 3.63) is 131 Å². The van der Waals surface area contributed by atoms with Gasteiger partial charge >= 0.3 is 0 Å². The van der Waals surface area contributed by atoms with Gasteiger partial charge in [-0.25, -0.2) is 0 Å². The summed E-state index contributed by atoms with van der Waals surface area (Å²) in [5.74, 6) is 2.67. The lowest BCUT2D eigenvalue weighted by molar-refractivity contribution is -0.0418. The summed E-state index contributed by atoms with van der Waals surface area (Å²) in [5, 5.41) is 4.08. The van der Waals surface area contributed by atoms with E-state index in [1.807, 2.05) is 12.1 Å². The summed E-state index contributed by atoms with van der Waals surface area (Å²) in [4.78, 5) is 2.87. The zero-order valence-electron chi connectivity index (χ0n) is 29.6. The first-order valence-electron chi connectivity index (χ1n) is 16.9. The van der Waals surface area contributed by atoms with Gasteiger partial charge in [0, 0.05) is 36.2 Å². The molecule has 3 aliphatic rings. The topological polar surface area (TPSA) is 142 Å². The number of benzene rings is 4. The minimum atomic E-state index is -3.67. The molecule has 0 aliphatic carbocycles. The standard InChI is InChI=1S/C37H42N2O2.2CH4O3S/c1-40-33-20-21-34(41-2)31(25-33)26-38-36-30-22-23-39(32(24-30)19-18-27-12-6-3-7-13-27)37(36)35(28-14-8-4-9-15-28)29-16-10-5-11-17-29;2*1-5(2,3)4/h3-17,20-21,25,30,32,35-38H,18-19,22-24,26H2,1-2H3;2*1H3,(H,2,3,4)/t30-,32+,36+,37+;;/m0../s1. The van der Waals surface area contributed by atoms with Crippen molar-refractivity contribution in [2.45, 2.75) is 56.3 Å². The Balaban J connectivity index is 0.000000516. The van der Waals surface area contributed by atoms with Gasteiger partial charge in [0.05, 0.1) is 26.7 Å². The molecule has 10 nitrogen and oxygen atoms in total. The summed E-state index contributed by atoms with van der Waals surface area (Å²) in [6, 6.07) is 40.7. The van der Waals surface area contributed by atoms with Crippen molar-refractivity contribution in [2.24, 2.45) is 5.92 Å². The Hall–Kier alpha value is -3.78. The minimum Gasteiger partial charge on any atom is -0.497 e. The molecule has 0 radical (unpaired) electrons. The molecule has 0 spiro atoms. The number of methoxy groups -OCH3 is 2. The van der Waals surface area contributed by atoms with Crippen molar-refractivity contribution < 1.29 is 35.4 Å². The number of ether oxygens (including phenoxy) is 2. The average molecular weight is 739 g/mol. The third-order valence-corrected chi connectivity index (χ3v) is 9.34. The maximum absolute atomic E-state index is 9.19. The van der Waals surface area contributed by atoms with Crippen molar-refractivity contribution in [1.29, 1.82) is 0 Å². The summed E-state index contributed by atoms with van der Waals surface area (Å²) in [6.07, 6.45) is 6.24. The highest BCUT2D eigenvalue weighted by molar-refractivity contribution is 7.85. The molecule has 3 aliphatic heterocycles. The number of hydrogen-bond donors (Lipinski definition) is 3. The molecule has 5 atom stereocenters. The zero-order chi connectivity index (χ0) is 37.0. The molecule has 3 N–H and O–H groups in total. The molecule has 4 aromatic carbocycles. The van der Waals surface area contributed by atoms with Crippen LogP contribution in [-0.2, 0) is 33.2 Å². The lowest BCUT2D eigenvalue weighted by Gasteiger charge is -2.58. The van der Waals surface area contributed by atoms with E-state index in [1.54, 1.807) is 14.2 Å². The molecule has 0 aromatic heterocycles. The van der Waals surface area contributed by atoms with E-state index in [4.69, 9.17) is 18.6 Å². The molecule has 12 heteroatoms. The van der Waals surface area contributed by atoms with E-state index in [0.717, 1.165) is 36.6 Å². The van der Waals surface area contributed by atoms with Crippen molar-refractivity contribution in [1.82, 2.24) is 10.2 Å². The van der Waals surface area contributed by atoms with Gasteiger partial charge in [0.15, 0.2) is 0 Å². The van der Waals surface area contributed by atoms with Crippen LogP contribution in [0.5, 0.6) is 11.5 Å². The van der Waals surface area contributed by atoms with Crippen LogP contribution in [0.15, 0.2) is 109 Å². The fraction of sp³-hybridized carbons (Fsp3) is 0.385. The van der Waals surface area contributed by atoms with Gasteiger partial charge in [-0.05, 0) is 73.0 Å². The smallest absolute Gasteiger partial charge is 0.261 e. The number of nitrogens with zero attached hydrogens (tertiary/aromatic N) is 1. The quantitative estimate of drug-likeness (QED) is 0.155. The Kier molecular flexibility index (Phi) is 14.6. The lowest BCUT2D eigenvalue weighted by atomic mass is 9.67. The van der Waals surface area contributed by atoms with E-state index in [2.05, 4.69) is 107 Å². The van der Waals surface area contributed by atoms with E-state index >= 15 is 0 Å². The van der Waals surface area contributed by atoms with Gasteiger partial charge in [-0.15, -0.1) is 0 Å². The van der Waals surface area contributed by atoms with Crippen LogP contribution in [0, 0.1) is 5.92 Å². The molecule has 2 bridgehead atoms. The van der Waals surface area contributed by atoms with Gasteiger partial charge in [0.25, 0.3) is 20.2 Å². The molecular weight excluding hydrogens is 689 g/mol. The van der Waals surface area contributed by atoms with E-state index in [9.17, 15) is 16.8 Å². The van der Waals surface area contributed by atoms with E-state index in [1.165, 1.54) is 36.0 Å². The number of fused-ring (bicyclic) bond motifs is 3. The summed E-state index contributed by atoms with van der Waals surface area (Å²) in [7, 11) is -3.86. The van der Waals surface area contributed by atoms with Crippen LogP contribution >= 0.6 is 0 Å². The largest absolute Gasteiger partial charge is 0.497 e. The minimum absolute atomic E-state index is 0.282. The van der Waals surface area contributed by atoms with Gasteiger partial charge in [0.1, 0.15) is 11.5 Å². The highest BCUT2D eigenvalue weighted by Crippen LogP contribution is 2.45. The Morgan fingerprint density at radius 1 is 0.784 bits per heavy atom. The molecule has 3 fully saturated rings. The van der Waals surface area contributed by atoms with Crippen LogP contribution in [-0.4, -0.2) is 82.2 Å². The second kappa shape index (κ2) is 18.6. The van der Waals surface area contributed by atoms with Crippen molar-refractivity contribution in [3.8, 4) is 11.5 Å². The molecule has 0 amide bonds. The lowest BCUT2D eigenvalue weighted by Crippen LogP contribution is -2.67. The number of aryl methyl sites for hydroxylation is 1. The van der Waals surface area contributed by atoms with Gasteiger partial charge in [-0.2, -0.15) is 16.8 Å². The number of nitrogens with one attached hydrogen (secondary N) is 1. The first-order chi connectivity index (χ1) is 24.2. The highest BCUT2D eigenvalue weighted by atomic mass is 32.2. The normalized spacial score (nSPS) is 21.1. The molecule has 3 saturated heterocycles. The van der Waals surface area contributed by atoms with Gasteiger partial charge in [0.2, 0.25) is 0 Å². The van der Waals surface area contributed by atoms with Crippen LogP contribution in [0.3, 0.4) is 0 Å². The van der Waals surface area contributed by atoms with Crippen molar-refractivity contribution >= 4 is 20.2 Å². The van der Waals surface area contributed by atoms with Crippen LogP contribution in [0.1, 0.15) is 47.4 Å². The third-order valence-electron chi connectivity index (χ3n) is 9.34. The average Bonchev–Trinajstić information content (AvgIpc) is 3.10. The second-order valence-electron chi connectivity index (χ2n) is 13.0. The van der Waals surface area contributed by atoms with Crippen LogP contribution in [0.4, 0.5) is 0 Å². The van der Waals surface area contributed by atoms with Crippen LogP contribution < -0.4 is 14.8 Å². The number of hydrogen-bond acceptors (Lipinski definition) is 8. The third kappa shape index (κ3) is 12.7. The SMILES string of the molecule is COc1ccc(OC)c(CN[C@@H]2[C@H]3CCN([C@H](CCc4ccccc4)C3)[C@@H]2C(c2ccccc2)c2ccccc2)c1.CS(=O)(=O)O.CS(=O)(=O)O. The van der Waals surface area contributed by atoms with Crippen molar-refractivity contribution in [2.75, 3.05) is 33.3 Å². The fourth-order valence-corrected chi connectivity index (χ4v) is 7.41. The number of rotatable bonds is 11. The predicted molar refractivity (Wildman–Crippen MR) is 202 cm³/mol. The van der Waals surface area contributed by atoms with Crippen LogP contribution in [0.25, 0.3) is 0 Å². The summed E-state index contributed by atoms with van der Waals surface area (Å²) in [5.41, 5.74) is 5.36. The maximum Gasteiger partial charge on any atom is 0.261 e. The molecule has 4 aromatic rings. The number of piperidine rings is 3. The van der Waals surface area contributed by atoms with Crippen molar-refractivity contribution in [3.63, 3.8) is 0 Å². The Bertz CT molecular complexity index is 1780. The Morgan fingerprint density at radius 2 is 1.31 bits per heavy atom. The van der Waals surface area contributed by atoms with Gasteiger partial charge in [-0.1, -0.05) is 91.0 Å². The van der Waals surface area contributed by atoms with E-state index in [0.29, 0.717) is 36.6 Å². The predicted octanol–water partition coefficient (Wildman–Crippen LogP) is 6.10. The molecule has 3 heterocycles. The first kappa shape index (κ1) is 40.0. The van der Waals surface area contributed by atoms with Crippen LogP contribution in [0.2, 0.25) is 0 Å². The summed E-state index contributed by atoms with van der Waals surface area (Å²) < 4.78 is 63.0. The maximum atomic E-state index is 9.19. The highest BCUT2D eigenvalue weighted by Gasteiger charge is 2.50.